The predicted molar refractivity (Wildman–Crippen MR) is 95.2 cm³/mol. The monoisotopic (exact) mass is 368 g/mol. The number of hydrogen-bond donors (Lipinski definition) is 2. The van der Waals surface area contributed by atoms with E-state index in [-0.39, 0.29) is 12.5 Å². The van der Waals surface area contributed by atoms with Crippen LogP contribution in [-0.4, -0.2) is 32.0 Å². The van der Waals surface area contributed by atoms with Gasteiger partial charge in [0.2, 0.25) is 5.82 Å². The molecule has 0 aliphatic heterocycles. The zero-order chi connectivity index (χ0) is 17.9. The molecule has 0 atom stereocenters. The Morgan fingerprint density at radius 2 is 2.00 bits per heavy atom. The molecule has 3 aromatic rings. The minimum atomic E-state index is -0.431. The number of amides is 2. The number of hydrogen-bond acceptors (Lipinski definition) is 6. The van der Waals surface area contributed by atoms with Crippen LogP contribution in [0.15, 0.2) is 36.4 Å². The lowest BCUT2D eigenvalue weighted by Crippen LogP contribution is -2.43. The van der Waals surface area contributed by atoms with Gasteiger partial charge in [0.05, 0.1) is 4.88 Å². The second kappa shape index (κ2) is 7.04. The number of thiophene rings is 1. The molecule has 9 heteroatoms. The van der Waals surface area contributed by atoms with Crippen LogP contribution in [0.4, 0.5) is 0 Å². The molecule has 0 unspecified atom stereocenters. The van der Waals surface area contributed by atoms with Crippen LogP contribution < -0.4 is 10.9 Å². The summed E-state index contributed by atoms with van der Waals surface area (Å²) in [5.41, 5.74) is 6.87. The Labute approximate surface area is 153 Å². The van der Waals surface area contributed by atoms with E-state index in [0.717, 1.165) is 24.8 Å². The summed E-state index contributed by atoms with van der Waals surface area (Å²) >= 11 is 1.48. The van der Waals surface area contributed by atoms with Crippen molar-refractivity contribution in [3.63, 3.8) is 0 Å². The number of nitrogens with zero attached hydrogens (tertiary/aromatic N) is 4. The average Bonchev–Trinajstić information content (AvgIpc) is 3.36. The highest BCUT2D eigenvalue weighted by molar-refractivity contribution is 7.14. The highest BCUT2D eigenvalue weighted by Crippen LogP contribution is 2.30. The highest BCUT2D eigenvalue weighted by Gasteiger charge is 2.19. The highest BCUT2D eigenvalue weighted by atomic mass is 32.1. The molecule has 0 radical (unpaired) electrons. The van der Waals surface area contributed by atoms with Crippen LogP contribution in [0.1, 0.15) is 26.5 Å². The number of nitrogens with one attached hydrogen (secondary N) is 2. The summed E-state index contributed by atoms with van der Waals surface area (Å²) in [5.74, 6) is -0.302. The zero-order valence-corrected chi connectivity index (χ0v) is 14.6. The van der Waals surface area contributed by atoms with Gasteiger partial charge in [0, 0.05) is 10.4 Å². The van der Waals surface area contributed by atoms with Gasteiger partial charge in [-0.3, -0.25) is 20.4 Å². The maximum atomic E-state index is 12.1. The summed E-state index contributed by atoms with van der Waals surface area (Å²) in [7, 11) is 0. The Morgan fingerprint density at radius 1 is 1.15 bits per heavy atom. The Kier molecular flexibility index (Phi) is 4.44. The molecule has 1 aliphatic carbocycles. The Morgan fingerprint density at radius 3 is 2.81 bits per heavy atom. The lowest BCUT2D eigenvalue weighted by molar-refractivity contribution is -0.122. The summed E-state index contributed by atoms with van der Waals surface area (Å²) < 4.78 is 0. The molecule has 4 rings (SSSR count). The second-order valence-electron chi connectivity index (χ2n) is 5.92. The van der Waals surface area contributed by atoms with Gasteiger partial charge >= 0.3 is 0 Å². The average molecular weight is 368 g/mol. The summed E-state index contributed by atoms with van der Waals surface area (Å²) in [5, 5.41) is 11.9. The smallest absolute Gasteiger partial charge is 0.271 e. The molecule has 2 aromatic heterocycles. The van der Waals surface area contributed by atoms with E-state index in [2.05, 4.69) is 26.3 Å². The van der Waals surface area contributed by atoms with Crippen LogP contribution in [0.2, 0.25) is 0 Å². The quantitative estimate of drug-likeness (QED) is 0.677. The maximum absolute atomic E-state index is 12.1. The number of aromatic nitrogens is 4. The number of carbonyl (C=O) groups excluding carboxylic acids is 2. The lowest BCUT2D eigenvalue weighted by Gasteiger charge is -2.05. The van der Waals surface area contributed by atoms with Crippen molar-refractivity contribution in [3.8, 4) is 11.4 Å². The van der Waals surface area contributed by atoms with Gasteiger partial charge in [-0.25, -0.2) is 0 Å². The van der Waals surface area contributed by atoms with E-state index in [0.29, 0.717) is 10.7 Å². The van der Waals surface area contributed by atoms with Crippen molar-refractivity contribution < 1.29 is 9.59 Å². The number of tetrazole rings is 1. The van der Waals surface area contributed by atoms with Crippen LogP contribution in [0.3, 0.4) is 0 Å². The summed E-state index contributed by atoms with van der Waals surface area (Å²) in [6.07, 6.45) is 3.20. The van der Waals surface area contributed by atoms with Crippen LogP contribution in [0.25, 0.3) is 11.4 Å². The number of fused-ring (bicyclic) bond motifs is 1. The first-order valence-electron chi connectivity index (χ1n) is 8.23. The van der Waals surface area contributed by atoms with Crippen molar-refractivity contribution >= 4 is 23.2 Å². The van der Waals surface area contributed by atoms with Crippen molar-refractivity contribution in [2.45, 2.75) is 25.8 Å². The van der Waals surface area contributed by atoms with Crippen molar-refractivity contribution in [1.82, 2.24) is 31.1 Å². The van der Waals surface area contributed by atoms with Gasteiger partial charge in [-0.2, -0.15) is 4.80 Å². The van der Waals surface area contributed by atoms with E-state index < -0.39 is 5.91 Å². The van der Waals surface area contributed by atoms with E-state index >= 15 is 0 Å². The maximum Gasteiger partial charge on any atom is 0.279 e. The van der Waals surface area contributed by atoms with Gasteiger partial charge < -0.3 is 0 Å². The topological polar surface area (TPSA) is 102 Å². The van der Waals surface area contributed by atoms with Gasteiger partial charge in [0.1, 0.15) is 6.54 Å². The number of rotatable bonds is 4. The number of hydrazine groups is 1. The largest absolute Gasteiger partial charge is 0.279 e. The zero-order valence-electron chi connectivity index (χ0n) is 13.8. The van der Waals surface area contributed by atoms with E-state index in [4.69, 9.17) is 0 Å². The van der Waals surface area contributed by atoms with Gasteiger partial charge in [-0.05, 0) is 36.1 Å². The van der Waals surface area contributed by atoms with Crippen LogP contribution in [0.5, 0.6) is 0 Å². The summed E-state index contributed by atoms with van der Waals surface area (Å²) in [6, 6.07) is 11.3. The third-order valence-corrected chi connectivity index (χ3v) is 5.29. The van der Waals surface area contributed by atoms with Crippen molar-refractivity contribution in [2.24, 2.45) is 0 Å². The molecule has 0 spiro atoms. The normalized spacial score (nSPS) is 12.6. The minimum absolute atomic E-state index is 0.138. The van der Waals surface area contributed by atoms with E-state index in [1.807, 2.05) is 36.4 Å². The first-order valence-corrected chi connectivity index (χ1v) is 9.05. The number of carbonyl (C=O) groups is 2. The fourth-order valence-corrected chi connectivity index (χ4v) is 3.96. The second-order valence-corrected chi connectivity index (χ2v) is 7.06. The van der Waals surface area contributed by atoms with Crippen LogP contribution in [-0.2, 0) is 24.2 Å². The molecule has 0 saturated heterocycles. The van der Waals surface area contributed by atoms with Gasteiger partial charge in [0.25, 0.3) is 11.8 Å². The Bertz CT molecular complexity index is 928. The molecule has 0 saturated carbocycles. The molecule has 2 heterocycles. The molecule has 26 heavy (non-hydrogen) atoms. The Balaban J connectivity index is 1.31. The molecule has 0 fully saturated rings. The first-order chi connectivity index (χ1) is 12.7. The summed E-state index contributed by atoms with van der Waals surface area (Å²) in [4.78, 5) is 27.2. The number of benzene rings is 1. The van der Waals surface area contributed by atoms with E-state index in [1.165, 1.54) is 26.6 Å². The molecule has 2 N–H and O–H groups in total. The minimum Gasteiger partial charge on any atom is -0.271 e. The molecule has 132 valence electrons. The van der Waals surface area contributed by atoms with Gasteiger partial charge in [0.15, 0.2) is 0 Å². The number of aryl methyl sites for hydroxylation is 2. The van der Waals surface area contributed by atoms with E-state index in [1.54, 1.807) is 0 Å². The van der Waals surface area contributed by atoms with Gasteiger partial charge in [-0.1, -0.05) is 30.3 Å². The standard InChI is InChI=1S/C17H16N6O2S/c24-15(10-23-21-16(19-22-23)11-5-2-1-3-6-11)18-20-17(25)14-9-12-7-4-8-13(12)26-14/h1-3,5-6,9H,4,7-8,10H2,(H,18,24)(H,20,25). The molecular weight excluding hydrogens is 352 g/mol. The molecule has 1 aliphatic rings. The van der Waals surface area contributed by atoms with Gasteiger partial charge in [-0.15, -0.1) is 21.5 Å². The molecule has 1 aromatic carbocycles. The third kappa shape index (κ3) is 3.47. The summed E-state index contributed by atoms with van der Waals surface area (Å²) in [6.45, 7) is -0.138. The SMILES string of the molecule is O=C(Cn1nnc(-c2ccccc2)n1)NNC(=O)c1cc2c(s1)CCC2. The molecule has 2 amide bonds. The van der Waals surface area contributed by atoms with Crippen molar-refractivity contribution in [2.75, 3.05) is 0 Å². The van der Waals surface area contributed by atoms with Crippen molar-refractivity contribution in [1.29, 1.82) is 0 Å². The Hall–Kier alpha value is -3.07. The third-order valence-electron chi connectivity index (χ3n) is 4.06. The first kappa shape index (κ1) is 16.4. The fraction of sp³-hybridized carbons (Fsp3) is 0.235. The molecule has 8 nitrogen and oxygen atoms in total. The van der Waals surface area contributed by atoms with Crippen LogP contribution >= 0.6 is 11.3 Å². The van der Waals surface area contributed by atoms with Crippen LogP contribution in [0, 0.1) is 0 Å². The fourth-order valence-electron chi connectivity index (χ4n) is 2.81. The lowest BCUT2D eigenvalue weighted by atomic mass is 10.2. The molecular formula is C17H16N6O2S. The van der Waals surface area contributed by atoms with E-state index in [9.17, 15) is 9.59 Å². The van der Waals surface area contributed by atoms with Crippen molar-refractivity contribution in [3.05, 3.63) is 51.7 Å². The molecule has 0 bridgehead atoms. The predicted octanol–water partition coefficient (Wildman–Crippen LogP) is 1.35.